The van der Waals surface area contributed by atoms with Gasteiger partial charge in [-0.05, 0) is 27.7 Å². The third kappa shape index (κ3) is 3.57. The molecule has 0 spiro atoms. The van der Waals surface area contributed by atoms with Crippen LogP contribution in [0.3, 0.4) is 0 Å². The standard InChI is InChI=1S/C19H24N4S/c1-12-6-8-16(9-7-12)19-22-15(4)18(24-19)14(3)21-13(2)17-10-20-23(5)11-17/h6-11,13-14,21H,1-5H3/t13-,14-/m1/s1. The van der Waals surface area contributed by atoms with Gasteiger partial charge in [0.05, 0.1) is 11.9 Å². The maximum absolute atomic E-state index is 4.78. The summed E-state index contributed by atoms with van der Waals surface area (Å²) in [5, 5.41) is 9.00. The molecule has 1 aromatic carbocycles. The van der Waals surface area contributed by atoms with E-state index in [0.29, 0.717) is 0 Å². The molecule has 0 saturated carbocycles. The van der Waals surface area contributed by atoms with Crippen molar-refractivity contribution in [2.45, 2.75) is 39.8 Å². The fourth-order valence-electron chi connectivity index (χ4n) is 2.84. The number of hydrogen-bond donors (Lipinski definition) is 1. The van der Waals surface area contributed by atoms with Crippen LogP contribution in [0.1, 0.15) is 47.6 Å². The summed E-state index contributed by atoms with van der Waals surface area (Å²) in [6.07, 6.45) is 3.98. The molecule has 0 unspecified atom stereocenters. The highest BCUT2D eigenvalue weighted by Crippen LogP contribution is 2.32. The number of nitrogens with zero attached hydrogens (tertiary/aromatic N) is 3. The Kier molecular flexibility index (Phi) is 4.83. The molecule has 0 fully saturated rings. The first-order valence-electron chi connectivity index (χ1n) is 8.23. The van der Waals surface area contributed by atoms with Crippen molar-refractivity contribution >= 4 is 11.3 Å². The lowest BCUT2D eigenvalue weighted by Gasteiger charge is -2.18. The van der Waals surface area contributed by atoms with Crippen LogP contribution in [0.25, 0.3) is 10.6 Å². The van der Waals surface area contributed by atoms with Crippen molar-refractivity contribution in [3.8, 4) is 10.6 Å². The first kappa shape index (κ1) is 16.9. The number of nitrogens with one attached hydrogen (secondary N) is 1. The van der Waals surface area contributed by atoms with Crippen LogP contribution in [0.4, 0.5) is 0 Å². The second-order valence-corrected chi connectivity index (χ2v) is 7.42. The zero-order valence-corrected chi connectivity index (χ0v) is 15.7. The Hall–Kier alpha value is -1.98. The van der Waals surface area contributed by atoms with Crippen molar-refractivity contribution in [1.82, 2.24) is 20.1 Å². The van der Waals surface area contributed by atoms with E-state index in [1.54, 1.807) is 11.3 Å². The van der Waals surface area contributed by atoms with Crippen LogP contribution in [-0.4, -0.2) is 14.8 Å². The predicted molar refractivity (Wildman–Crippen MR) is 100 cm³/mol. The Bertz CT molecular complexity index is 816. The summed E-state index contributed by atoms with van der Waals surface area (Å²) in [5.74, 6) is 0. The van der Waals surface area contributed by atoms with E-state index in [1.807, 2.05) is 17.9 Å². The van der Waals surface area contributed by atoms with Gasteiger partial charge >= 0.3 is 0 Å². The summed E-state index contributed by atoms with van der Waals surface area (Å²) in [6, 6.07) is 9.06. The first-order chi connectivity index (χ1) is 11.4. The van der Waals surface area contributed by atoms with Crippen LogP contribution in [0.15, 0.2) is 36.7 Å². The summed E-state index contributed by atoms with van der Waals surface area (Å²) in [4.78, 5) is 6.07. The summed E-state index contributed by atoms with van der Waals surface area (Å²) >= 11 is 1.77. The van der Waals surface area contributed by atoms with Crippen molar-refractivity contribution in [3.05, 3.63) is 58.4 Å². The monoisotopic (exact) mass is 340 g/mol. The molecule has 0 saturated heterocycles. The van der Waals surface area contributed by atoms with Crippen molar-refractivity contribution in [3.63, 3.8) is 0 Å². The number of hydrogen-bond acceptors (Lipinski definition) is 4. The molecule has 0 bridgehead atoms. The SMILES string of the molecule is Cc1ccc(-c2nc(C)c([C@@H](C)N[C@H](C)c3cnn(C)c3)s2)cc1. The number of thiazole rings is 1. The molecule has 5 heteroatoms. The van der Waals surface area contributed by atoms with Crippen LogP contribution in [-0.2, 0) is 7.05 Å². The van der Waals surface area contributed by atoms with E-state index in [2.05, 4.69) is 68.6 Å². The molecule has 0 radical (unpaired) electrons. The molecule has 3 rings (SSSR count). The van der Waals surface area contributed by atoms with Crippen molar-refractivity contribution < 1.29 is 0 Å². The van der Waals surface area contributed by atoms with Crippen LogP contribution in [0.5, 0.6) is 0 Å². The van der Waals surface area contributed by atoms with Gasteiger partial charge < -0.3 is 5.32 Å². The Balaban J connectivity index is 1.77. The fourth-order valence-corrected chi connectivity index (χ4v) is 3.92. The molecule has 0 aliphatic heterocycles. The second kappa shape index (κ2) is 6.87. The lowest BCUT2D eigenvalue weighted by molar-refractivity contribution is 0.498. The van der Waals surface area contributed by atoms with Gasteiger partial charge in [0.15, 0.2) is 0 Å². The Morgan fingerprint density at radius 1 is 1.08 bits per heavy atom. The van der Waals surface area contributed by atoms with Crippen molar-refractivity contribution in [2.75, 3.05) is 0 Å². The fraction of sp³-hybridized carbons (Fsp3) is 0.368. The van der Waals surface area contributed by atoms with E-state index in [4.69, 9.17) is 4.98 Å². The van der Waals surface area contributed by atoms with Crippen LogP contribution >= 0.6 is 11.3 Å². The van der Waals surface area contributed by atoms with Crippen LogP contribution < -0.4 is 5.32 Å². The molecule has 4 nitrogen and oxygen atoms in total. The molecule has 3 aromatic rings. The van der Waals surface area contributed by atoms with Gasteiger partial charge in [-0.25, -0.2) is 4.98 Å². The first-order valence-corrected chi connectivity index (χ1v) is 9.04. The summed E-state index contributed by atoms with van der Waals surface area (Å²) < 4.78 is 1.84. The third-order valence-corrected chi connectivity index (χ3v) is 5.64. The predicted octanol–water partition coefficient (Wildman–Crippen LogP) is 4.57. The minimum Gasteiger partial charge on any atom is -0.303 e. The highest BCUT2D eigenvalue weighted by Gasteiger charge is 2.18. The van der Waals surface area contributed by atoms with Crippen LogP contribution in [0.2, 0.25) is 0 Å². The van der Waals surface area contributed by atoms with Gasteiger partial charge in [0, 0.05) is 41.3 Å². The number of benzene rings is 1. The molecule has 126 valence electrons. The highest BCUT2D eigenvalue weighted by molar-refractivity contribution is 7.15. The Morgan fingerprint density at radius 3 is 2.42 bits per heavy atom. The molecule has 0 amide bonds. The van der Waals surface area contributed by atoms with Gasteiger partial charge in [0.1, 0.15) is 5.01 Å². The van der Waals surface area contributed by atoms with Gasteiger partial charge in [-0.15, -0.1) is 11.3 Å². The number of aryl methyl sites for hydroxylation is 3. The summed E-state index contributed by atoms with van der Waals surface area (Å²) in [7, 11) is 1.95. The van der Waals surface area contributed by atoms with Crippen molar-refractivity contribution in [1.29, 1.82) is 0 Å². The van der Waals surface area contributed by atoms with E-state index >= 15 is 0 Å². The van der Waals surface area contributed by atoms with Gasteiger partial charge in [0.25, 0.3) is 0 Å². The smallest absolute Gasteiger partial charge is 0.123 e. The summed E-state index contributed by atoms with van der Waals surface area (Å²) in [6.45, 7) is 8.57. The maximum Gasteiger partial charge on any atom is 0.123 e. The number of rotatable bonds is 5. The average Bonchev–Trinajstić information content (AvgIpc) is 3.14. The van der Waals surface area contributed by atoms with Gasteiger partial charge in [-0.3, -0.25) is 4.68 Å². The third-order valence-electron chi connectivity index (χ3n) is 4.25. The minimum atomic E-state index is 0.247. The molecule has 2 heterocycles. The Morgan fingerprint density at radius 2 is 1.79 bits per heavy atom. The van der Waals surface area contributed by atoms with Crippen LogP contribution in [0, 0.1) is 13.8 Å². The van der Waals surface area contributed by atoms with Gasteiger partial charge in [0.2, 0.25) is 0 Å². The molecule has 1 N–H and O–H groups in total. The lowest BCUT2D eigenvalue weighted by Crippen LogP contribution is -2.22. The molecule has 2 aromatic heterocycles. The lowest BCUT2D eigenvalue weighted by atomic mass is 10.1. The summed E-state index contributed by atoms with van der Waals surface area (Å²) in [5.41, 5.74) is 4.76. The zero-order valence-electron chi connectivity index (χ0n) is 14.9. The van der Waals surface area contributed by atoms with E-state index in [9.17, 15) is 0 Å². The topological polar surface area (TPSA) is 42.7 Å². The Labute approximate surface area is 147 Å². The zero-order chi connectivity index (χ0) is 17.3. The normalized spacial score (nSPS) is 13.9. The molecule has 24 heavy (non-hydrogen) atoms. The maximum atomic E-state index is 4.78. The molecular weight excluding hydrogens is 316 g/mol. The second-order valence-electron chi connectivity index (χ2n) is 6.39. The van der Waals surface area contributed by atoms with Gasteiger partial charge in [-0.2, -0.15) is 5.10 Å². The average molecular weight is 340 g/mol. The van der Waals surface area contributed by atoms with Crippen molar-refractivity contribution in [2.24, 2.45) is 7.05 Å². The minimum absolute atomic E-state index is 0.247. The van der Waals surface area contributed by atoms with E-state index in [-0.39, 0.29) is 12.1 Å². The van der Waals surface area contributed by atoms with E-state index in [0.717, 1.165) is 10.7 Å². The largest absolute Gasteiger partial charge is 0.303 e. The number of aromatic nitrogens is 3. The molecular formula is C19H24N4S. The highest BCUT2D eigenvalue weighted by atomic mass is 32.1. The van der Waals surface area contributed by atoms with Gasteiger partial charge in [-0.1, -0.05) is 29.8 Å². The molecule has 0 aliphatic carbocycles. The molecule has 0 aliphatic rings. The quantitative estimate of drug-likeness (QED) is 0.740. The molecule has 2 atom stereocenters. The van der Waals surface area contributed by atoms with E-state index in [1.165, 1.54) is 21.6 Å². The van der Waals surface area contributed by atoms with E-state index < -0.39 is 0 Å².